The van der Waals surface area contributed by atoms with Crippen LogP contribution in [0.15, 0.2) is 48.5 Å². The van der Waals surface area contributed by atoms with Gasteiger partial charge < -0.3 is 10.6 Å². The summed E-state index contributed by atoms with van der Waals surface area (Å²) in [7, 11) is 0. The lowest BCUT2D eigenvalue weighted by molar-refractivity contribution is -0.120. The Bertz CT molecular complexity index is 685. The Morgan fingerprint density at radius 3 is 2.17 bits per heavy atom. The Balaban J connectivity index is 2.13. The number of para-hydroxylation sites is 1. The van der Waals surface area contributed by atoms with Gasteiger partial charge in [0.15, 0.2) is 0 Å². The molecule has 0 aliphatic heterocycles. The number of amides is 2. The minimum atomic E-state index is -0.853. The number of hydrogen-bond acceptors (Lipinski definition) is 2. The number of carbonyl (C=O) groups is 2. The van der Waals surface area contributed by atoms with E-state index in [0.717, 1.165) is 17.7 Å². The van der Waals surface area contributed by atoms with Gasteiger partial charge in [0.05, 0.1) is 12.5 Å². The van der Waals surface area contributed by atoms with Crippen molar-refractivity contribution < 1.29 is 18.4 Å². The van der Waals surface area contributed by atoms with Gasteiger partial charge >= 0.3 is 0 Å². The molecule has 4 nitrogen and oxygen atoms in total. The molecule has 2 amide bonds. The van der Waals surface area contributed by atoms with E-state index in [2.05, 4.69) is 10.6 Å². The number of nitrogens with one attached hydrogen (secondary N) is 2. The van der Waals surface area contributed by atoms with Crippen molar-refractivity contribution in [3.8, 4) is 0 Å². The summed E-state index contributed by atoms with van der Waals surface area (Å²) < 4.78 is 27.1. The minimum absolute atomic E-state index is 0.142. The highest BCUT2D eigenvalue weighted by molar-refractivity contribution is 5.91. The van der Waals surface area contributed by atoms with E-state index in [1.807, 2.05) is 6.07 Å². The molecule has 0 aliphatic carbocycles. The number of hydrogen-bond donors (Lipinski definition) is 2. The summed E-state index contributed by atoms with van der Waals surface area (Å²) in [6.45, 7) is 1.34. The van der Waals surface area contributed by atoms with Crippen LogP contribution in [-0.4, -0.2) is 11.8 Å². The molecule has 0 bridgehead atoms. The molecule has 0 aliphatic rings. The molecule has 23 heavy (non-hydrogen) atoms. The Labute approximate surface area is 132 Å². The summed E-state index contributed by atoms with van der Waals surface area (Å²) in [6.07, 6.45) is -0.142. The predicted molar refractivity (Wildman–Crippen MR) is 82.6 cm³/mol. The number of carbonyl (C=O) groups excluding carboxylic acids is 2. The highest BCUT2D eigenvalue weighted by atomic mass is 19.1. The van der Waals surface area contributed by atoms with E-state index in [-0.39, 0.29) is 12.3 Å². The van der Waals surface area contributed by atoms with Crippen molar-refractivity contribution in [2.75, 3.05) is 5.32 Å². The summed E-state index contributed by atoms with van der Waals surface area (Å²) >= 11 is 0. The zero-order chi connectivity index (χ0) is 16.8. The molecule has 2 aromatic carbocycles. The monoisotopic (exact) mass is 318 g/mol. The van der Waals surface area contributed by atoms with E-state index in [1.54, 1.807) is 24.3 Å². The van der Waals surface area contributed by atoms with E-state index < -0.39 is 29.3 Å². The van der Waals surface area contributed by atoms with Crippen molar-refractivity contribution in [2.45, 2.75) is 19.4 Å². The van der Waals surface area contributed by atoms with Crippen LogP contribution in [0.2, 0.25) is 0 Å². The Morgan fingerprint density at radius 2 is 1.61 bits per heavy atom. The van der Waals surface area contributed by atoms with E-state index in [9.17, 15) is 18.4 Å². The molecular formula is C17H16F2N2O2. The van der Waals surface area contributed by atoms with Crippen molar-refractivity contribution in [1.29, 1.82) is 0 Å². The molecule has 0 saturated carbocycles. The number of rotatable bonds is 5. The van der Waals surface area contributed by atoms with Gasteiger partial charge in [0.25, 0.3) is 0 Å². The van der Waals surface area contributed by atoms with Crippen molar-refractivity contribution in [3.05, 3.63) is 65.7 Å². The lowest BCUT2D eigenvalue weighted by Crippen LogP contribution is -2.30. The Hall–Kier alpha value is -2.76. The van der Waals surface area contributed by atoms with E-state index in [4.69, 9.17) is 0 Å². The van der Waals surface area contributed by atoms with Crippen LogP contribution in [0.25, 0.3) is 0 Å². The van der Waals surface area contributed by atoms with Gasteiger partial charge in [-0.05, 0) is 17.7 Å². The molecule has 0 fully saturated rings. The molecule has 0 saturated heterocycles. The van der Waals surface area contributed by atoms with Crippen LogP contribution in [0.5, 0.6) is 0 Å². The van der Waals surface area contributed by atoms with E-state index in [1.165, 1.54) is 13.0 Å². The van der Waals surface area contributed by atoms with Crippen LogP contribution < -0.4 is 10.6 Å². The van der Waals surface area contributed by atoms with Gasteiger partial charge in [0.2, 0.25) is 11.8 Å². The second kappa shape index (κ2) is 7.49. The smallest absolute Gasteiger partial charge is 0.226 e. The van der Waals surface area contributed by atoms with Crippen LogP contribution in [-0.2, 0) is 9.59 Å². The standard InChI is InChI=1S/C17H16F2N2O2/c1-11(22)20-15(12-6-3-2-4-7-12)10-16(23)21-17-13(18)8-5-9-14(17)19/h2-9,15H,10H2,1H3,(H,20,22)(H,21,23). The molecule has 0 heterocycles. The first-order valence-electron chi connectivity index (χ1n) is 7.03. The summed E-state index contributed by atoms with van der Waals surface area (Å²) in [4.78, 5) is 23.4. The number of anilines is 1. The van der Waals surface area contributed by atoms with Gasteiger partial charge in [-0.15, -0.1) is 0 Å². The lowest BCUT2D eigenvalue weighted by atomic mass is 10.0. The van der Waals surface area contributed by atoms with Crippen molar-refractivity contribution in [3.63, 3.8) is 0 Å². The van der Waals surface area contributed by atoms with Gasteiger partial charge in [-0.2, -0.15) is 0 Å². The maximum Gasteiger partial charge on any atom is 0.226 e. The maximum atomic E-state index is 13.6. The van der Waals surface area contributed by atoms with Crippen LogP contribution in [0.4, 0.5) is 14.5 Å². The second-order valence-corrected chi connectivity index (χ2v) is 5.01. The molecule has 0 spiro atoms. The summed E-state index contributed by atoms with van der Waals surface area (Å²) in [5.74, 6) is -2.61. The SMILES string of the molecule is CC(=O)NC(CC(=O)Nc1c(F)cccc1F)c1ccccc1. The minimum Gasteiger partial charge on any atom is -0.349 e. The second-order valence-electron chi connectivity index (χ2n) is 5.01. The zero-order valence-electron chi connectivity index (χ0n) is 12.5. The molecule has 0 aromatic heterocycles. The lowest BCUT2D eigenvalue weighted by Gasteiger charge is -2.18. The first kappa shape index (κ1) is 16.6. The molecule has 2 aromatic rings. The van der Waals surface area contributed by atoms with Gasteiger partial charge in [-0.3, -0.25) is 9.59 Å². The number of halogens is 2. The topological polar surface area (TPSA) is 58.2 Å². The molecule has 6 heteroatoms. The molecule has 1 atom stereocenters. The molecule has 120 valence electrons. The largest absolute Gasteiger partial charge is 0.349 e. The zero-order valence-corrected chi connectivity index (χ0v) is 12.5. The first-order valence-corrected chi connectivity index (χ1v) is 7.03. The quantitative estimate of drug-likeness (QED) is 0.889. The van der Waals surface area contributed by atoms with Crippen molar-refractivity contribution in [2.24, 2.45) is 0 Å². The molecule has 1 unspecified atom stereocenters. The highest BCUT2D eigenvalue weighted by Gasteiger charge is 2.19. The fourth-order valence-corrected chi connectivity index (χ4v) is 2.18. The average molecular weight is 318 g/mol. The van der Waals surface area contributed by atoms with Crippen LogP contribution >= 0.6 is 0 Å². The Kier molecular flexibility index (Phi) is 5.41. The van der Waals surface area contributed by atoms with Crippen LogP contribution in [0.1, 0.15) is 24.9 Å². The van der Waals surface area contributed by atoms with E-state index >= 15 is 0 Å². The summed E-state index contributed by atoms with van der Waals surface area (Å²) in [6, 6.07) is 11.6. The summed E-state index contributed by atoms with van der Waals surface area (Å²) in [5.41, 5.74) is 0.235. The third-order valence-electron chi connectivity index (χ3n) is 3.20. The van der Waals surface area contributed by atoms with E-state index in [0.29, 0.717) is 0 Å². The van der Waals surface area contributed by atoms with Gasteiger partial charge in [0.1, 0.15) is 17.3 Å². The van der Waals surface area contributed by atoms with Crippen molar-refractivity contribution >= 4 is 17.5 Å². The Morgan fingerprint density at radius 1 is 1.00 bits per heavy atom. The summed E-state index contributed by atoms with van der Waals surface area (Å²) in [5, 5.41) is 4.87. The molecular weight excluding hydrogens is 302 g/mol. The average Bonchev–Trinajstić information content (AvgIpc) is 2.51. The third kappa shape index (κ3) is 4.60. The molecule has 2 rings (SSSR count). The van der Waals surface area contributed by atoms with Crippen LogP contribution in [0, 0.1) is 11.6 Å². The number of benzene rings is 2. The highest BCUT2D eigenvalue weighted by Crippen LogP contribution is 2.21. The first-order chi connectivity index (χ1) is 11.0. The third-order valence-corrected chi connectivity index (χ3v) is 3.20. The van der Waals surface area contributed by atoms with Gasteiger partial charge in [0, 0.05) is 6.92 Å². The maximum absolute atomic E-state index is 13.6. The molecule has 2 N–H and O–H groups in total. The van der Waals surface area contributed by atoms with Gasteiger partial charge in [-0.25, -0.2) is 8.78 Å². The fourth-order valence-electron chi connectivity index (χ4n) is 2.18. The molecule has 0 radical (unpaired) electrons. The van der Waals surface area contributed by atoms with Gasteiger partial charge in [-0.1, -0.05) is 36.4 Å². The van der Waals surface area contributed by atoms with Crippen LogP contribution in [0.3, 0.4) is 0 Å². The normalized spacial score (nSPS) is 11.6. The predicted octanol–water partition coefficient (Wildman–Crippen LogP) is 3.17. The van der Waals surface area contributed by atoms with Crippen molar-refractivity contribution in [1.82, 2.24) is 5.32 Å². The fraction of sp³-hybridized carbons (Fsp3) is 0.176.